The van der Waals surface area contributed by atoms with Crippen LogP contribution in [0.25, 0.3) is 21.8 Å². The molecule has 2 saturated carbocycles. The minimum Gasteiger partial charge on any atom is -0.492 e. The molecule has 4 fully saturated rings. The maximum atomic E-state index is 16.1. The monoisotopic (exact) mass is 860 g/mol. The number of halogens is 2. The summed E-state index contributed by atoms with van der Waals surface area (Å²) in [7, 11) is 2.80. The number of pyridine rings is 2. The zero-order chi connectivity index (χ0) is 43.9. The fourth-order valence-electron chi connectivity index (χ4n) is 9.26. The van der Waals surface area contributed by atoms with Gasteiger partial charge in [-0.2, -0.15) is 0 Å². The molecule has 2 aliphatic carbocycles. The molecule has 2 unspecified atom stereocenters. The van der Waals surface area contributed by atoms with Crippen LogP contribution in [-0.2, 0) is 13.1 Å². The van der Waals surface area contributed by atoms with Crippen molar-refractivity contribution in [2.24, 2.45) is 0 Å². The van der Waals surface area contributed by atoms with E-state index in [9.17, 15) is 34.2 Å². The van der Waals surface area contributed by atoms with Crippen molar-refractivity contribution in [3.63, 3.8) is 0 Å². The lowest BCUT2D eigenvalue weighted by atomic mass is 10.1. The molecule has 0 bridgehead atoms. The molecule has 0 spiro atoms. The molecule has 0 amide bonds. The maximum absolute atomic E-state index is 16.1. The molecule has 4 aliphatic rings. The highest BCUT2D eigenvalue weighted by atomic mass is 19.1. The van der Waals surface area contributed by atoms with E-state index < -0.39 is 51.4 Å². The molecule has 3 aromatic heterocycles. The quantitative estimate of drug-likeness (QED) is 0.176. The molecular formula is C43H46F2N6O11. The predicted molar refractivity (Wildman–Crippen MR) is 221 cm³/mol. The molecule has 9 rings (SSSR count). The van der Waals surface area contributed by atoms with E-state index in [2.05, 4.69) is 9.80 Å². The number of anilines is 2. The summed E-state index contributed by atoms with van der Waals surface area (Å²) in [6.07, 6.45) is 5.79. The van der Waals surface area contributed by atoms with Crippen molar-refractivity contribution < 1.29 is 46.9 Å². The summed E-state index contributed by atoms with van der Waals surface area (Å²) >= 11 is 0. The minimum atomic E-state index is -1.38. The molecular weight excluding hydrogens is 814 g/mol. The first-order valence-electron chi connectivity index (χ1n) is 20.7. The summed E-state index contributed by atoms with van der Waals surface area (Å²) in [5.74, 6) is -4.00. The number of hydrogen-bond acceptors (Lipinski definition) is 13. The van der Waals surface area contributed by atoms with Gasteiger partial charge in [-0.15, -0.1) is 0 Å². The topological polar surface area (TPSA) is 193 Å². The van der Waals surface area contributed by atoms with Crippen molar-refractivity contribution in [3.8, 4) is 11.5 Å². The molecule has 2 aliphatic heterocycles. The van der Waals surface area contributed by atoms with Crippen molar-refractivity contribution >= 4 is 45.1 Å². The van der Waals surface area contributed by atoms with E-state index in [1.807, 2.05) is 23.6 Å². The number of aromatic carboxylic acids is 2. The predicted octanol–water partition coefficient (Wildman–Crippen LogP) is 4.65. The Kier molecular flexibility index (Phi) is 10.4. The van der Waals surface area contributed by atoms with Crippen molar-refractivity contribution in [2.75, 3.05) is 63.3 Å². The first-order chi connectivity index (χ1) is 29.7. The second-order valence-electron chi connectivity index (χ2n) is 16.7. The van der Waals surface area contributed by atoms with E-state index >= 15 is 8.78 Å². The van der Waals surface area contributed by atoms with Gasteiger partial charge in [0.25, 0.3) is 0 Å². The fraction of sp³-hybridized carbons (Fsp3) is 0.465. The van der Waals surface area contributed by atoms with Gasteiger partial charge in [0.2, 0.25) is 10.9 Å². The average Bonchev–Trinajstić information content (AvgIpc) is 4.17. The number of benzene rings is 2. The lowest BCUT2D eigenvalue weighted by Gasteiger charge is -2.42. The highest BCUT2D eigenvalue weighted by Crippen LogP contribution is 2.46. The van der Waals surface area contributed by atoms with Crippen LogP contribution in [0.1, 0.15) is 83.9 Å². The Balaban J connectivity index is 0.919. The number of ether oxygens (including phenoxy) is 2. The second-order valence-corrected chi connectivity index (χ2v) is 16.7. The molecule has 5 heterocycles. The van der Waals surface area contributed by atoms with Gasteiger partial charge >= 0.3 is 17.8 Å². The van der Waals surface area contributed by atoms with E-state index in [1.54, 1.807) is 9.13 Å². The SMILES string of the molecule is COc1c(N2CCN(Cc3oc(=O)oc3CN3CCN(c4c(F)cc5c(=O)c(C(=O)O)cn(C6CC6)c5c4OC)CC3C)C(C)C2)c(F)cc2c(=O)c(C(=O)O)cn(C3CC3)c12. The van der Waals surface area contributed by atoms with Crippen LogP contribution in [0.2, 0.25) is 0 Å². The van der Waals surface area contributed by atoms with E-state index in [0.29, 0.717) is 61.8 Å². The number of nitrogens with zero attached hydrogens (tertiary/aromatic N) is 6. The third-order valence-electron chi connectivity index (χ3n) is 12.7. The van der Waals surface area contributed by atoms with Crippen LogP contribution in [0.3, 0.4) is 0 Å². The lowest BCUT2D eigenvalue weighted by Crippen LogP contribution is -2.52. The number of aromatic nitrogens is 2. The summed E-state index contributed by atoms with van der Waals surface area (Å²) in [5, 5.41) is 19.3. The second kappa shape index (κ2) is 15.6. The lowest BCUT2D eigenvalue weighted by molar-refractivity contribution is 0.0684. The van der Waals surface area contributed by atoms with Gasteiger partial charge in [0.05, 0.1) is 49.1 Å². The number of methoxy groups -OCH3 is 2. The smallest absolute Gasteiger partial charge is 0.492 e. The summed E-state index contributed by atoms with van der Waals surface area (Å²) in [6.45, 7) is 6.66. The van der Waals surface area contributed by atoms with Crippen LogP contribution in [0, 0.1) is 11.6 Å². The Labute approximate surface area is 351 Å². The third kappa shape index (κ3) is 7.05. The Hall–Kier alpha value is -6.21. The molecule has 62 heavy (non-hydrogen) atoms. The van der Waals surface area contributed by atoms with Crippen LogP contribution in [-0.4, -0.2) is 107 Å². The highest BCUT2D eigenvalue weighted by molar-refractivity contribution is 5.98. The van der Waals surface area contributed by atoms with Gasteiger partial charge in [-0.1, -0.05) is 0 Å². The number of carboxylic acid groups (broad SMARTS) is 2. The number of carbonyl (C=O) groups is 2. The first-order valence-corrected chi connectivity index (χ1v) is 20.7. The molecule has 328 valence electrons. The summed E-state index contributed by atoms with van der Waals surface area (Å²) in [5.41, 5.74) is -1.35. The van der Waals surface area contributed by atoms with Gasteiger partial charge in [0.15, 0.2) is 34.7 Å². The van der Waals surface area contributed by atoms with Crippen molar-refractivity contribution in [1.29, 1.82) is 0 Å². The zero-order valence-corrected chi connectivity index (χ0v) is 34.6. The Morgan fingerprint density at radius 1 is 0.677 bits per heavy atom. The molecule has 5 aromatic rings. The highest BCUT2D eigenvalue weighted by Gasteiger charge is 2.37. The number of carboxylic acids is 2. The molecule has 17 nitrogen and oxygen atoms in total. The molecule has 2 aromatic carbocycles. The molecule has 19 heteroatoms. The summed E-state index contributed by atoms with van der Waals surface area (Å²) in [6, 6.07) is 1.77. The van der Waals surface area contributed by atoms with Gasteiger partial charge in [-0.05, 0) is 51.7 Å². The standard InChI is InChI=1S/C43H46F2N6O11/c1-21-15-48(35-29(44)13-25-33(39(35)59-3)50(23-5-6-23)17-27(37(25)52)41(54)55)11-9-46(21)19-31-32(62-43(58)61-31)20-47-10-12-49(16-22(47)2)36-30(45)14-26-34(40(36)60-4)51(24-7-8-24)18-28(38(26)53)42(56)57/h13-14,17-18,21-24H,5-12,15-16,19-20H2,1-4H3,(H,54,55)(H,56,57). The van der Waals surface area contributed by atoms with E-state index in [-0.39, 0.29) is 70.9 Å². The van der Waals surface area contributed by atoms with Gasteiger partial charge in [0.1, 0.15) is 22.5 Å². The summed E-state index contributed by atoms with van der Waals surface area (Å²) < 4.78 is 58.3. The zero-order valence-electron chi connectivity index (χ0n) is 34.6. The van der Waals surface area contributed by atoms with E-state index in [4.69, 9.17) is 18.3 Å². The van der Waals surface area contributed by atoms with Gasteiger partial charge in [-0.25, -0.2) is 23.2 Å². The Morgan fingerprint density at radius 2 is 1.06 bits per heavy atom. The maximum Gasteiger partial charge on any atom is 0.519 e. The van der Waals surface area contributed by atoms with Gasteiger partial charge in [0, 0.05) is 75.8 Å². The number of rotatable bonds is 12. The molecule has 2 atom stereocenters. The van der Waals surface area contributed by atoms with Gasteiger partial charge < -0.3 is 47.5 Å². The summed E-state index contributed by atoms with van der Waals surface area (Å²) in [4.78, 5) is 70.7. The van der Waals surface area contributed by atoms with Crippen molar-refractivity contribution in [1.82, 2.24) is 18.9 Å². The van der Waals surface area contributed by atoms with Crippen LogP contribution in [0.5, 0.6) is 11.5 Å². The molecule has 2 saturated heterocycles. The molecule has 0 radical (unpaired) electrons. The van der Waals surface area contributed by atoms with Crippen LogP contribution < -0.4 is 36.0 Å². The van der Waals surface area contributed by atoms with Crippen LogP contribution in [0.15, 0.2) is 47.7 Å². The van der Waals surface area contributed by atoms with Crippen molar-refractivity contribution in [2.45, 2.75) is 76.8 Å². The molecule has 2 N–H and O–H groups in total. The van der Waals surface area contributed by atoms with Gasteiger partial charge in [-0.3, -0.25) is 19.4 Å². The minimum absolute atomic E-state index is 0.0355. The third-order valence-corrected chi connectivity index (χ3v) is 12.7. The number of piperazine rings is 2. The van der Waals surface area contributed by atoms with E-state index in [0.717, 1.165) is 37.8 Å². The van der Waals surface area contributed by atoms with Crippen LogP contribution >= 0.6 is 0 Å². The fourth-order valence-corrected chi connectivity index (χ4v) is 9.26. The normalized spacial score (nSPS) is 20.0. The first kappa shape index (κ1) is 41.2. The van der Waals surface area contributed by atoms with Crippen molar-refractivity contribution in [3.05, 3.63) is 89.9 Å². The number of fused-ring (bicyclic) bond motifs is 2. The van der Waals surface area contributed by atoms with E-state index in [1.165, 1.54) is 26.6 Å². The Morgan fingerprint density at radius 3 is 1.39 bits per heavy atom. The van der Waals surface area contributed by atoms with Crippen LogP contribution in [0.4, 0.5) is 20.2 Å². The average molecular weight is 861 g/mol. The largest absolute Gasteiger partial charge is 0.519 e. The Bertz CT molecular complexity index is 2660. The number of hydrogen-bond donors (Lipinski definition) is 2.